The molecule has 1 amide bonds. The largest absolute Gasteiger partial charge is 0.320 e. The number of amides is 1. The second-order valence-electron chi connectivity index (χ2n) is 3.83. The van der Waals surface area contributed by atoms with Gasteiger partial charge in [0.15, 0.2) is 0 Å². The molecular formula is C12H13N5O. The maximum atomic E-state index is 11.2. The number of nitrogens with one attached hydrogen (secondary N) is 1. The fraction of sp³-hybridized carbons (Fsp3) is 0.167. The number of fused-ring (bicyclic) bond motifs is 1. The Morgan fingerprint density at radius 2 is 2.11 bits per heavy atom. The molecule has 0 spiro atoms. The average molecular weight is 243 g/mol. The Bertz CT molecular complexity index is 594. The van der Waals surface area contributed by atoms with Crippen molar-refractivity contribution in [2.24, 2.45) is 10.8 Å². The van der Waals surface area contributed by atoms with Crippen LogP contribution in [-0.2, 0) is 4.79 Å². The highest BCUT2D eigenvalue weighted by atomic mass is 16.2. The summed E-state index contributed by atoms with van der Waals surface area (Å²) >= 11 is 0. The summed E-state index contributed by atoms with van der Waals surface area (Å²) in [6.07, 6.45) is 4.80. The first kappa shape index (κ1) is 12.1. The molecule has 18 heavy (non-hydrogen) atoms. The summed E-state index contributed by atoms with van der Waals surface area (Å²) in [5.74, 6) is -0.327. The van der Waals surface area contributed by atoms with Crippen LogP contribution in [0.5, 0.6) is 0 Å². The van der Waals surface area contributed by atoms with Crippen molar-refractivity contribution >= 4 is 23.2 Å². The molecule has 1 aromatic carbocycles. The number of nitrogens with zero attached hydrogens (tertiary/aromatic N) is 3. The Hall–Kier alpha value is -2.34. The Labute approximate surface area is 104 Å². The smallest absolute Gasteiger partial charge is 0.256 e. The van der Waals surface area contributed by atoms with Crippen LogP contribution in [0.2, 0.25) is 0 Å². The van der Waals surface area contributed by atoms with E-state index < -0.39 is 6.04 Å². The fourth-order valence-corrected chi connectivity index (χ4v) is 1.33. The molecule has 2 aromatic rings. The topological polar surface area (TPSA) is 93.3 Å². The van der Waals surface area contributed by atoms with Crippen molar-refractivity contribution in [1.82, 2.24) is 15.4 Å². The Morgan fingerprint density at radius 1 is 1.39 bits per heavy atom. The van der Waals surface area contributed by atoms with E-state index in [1.807, 2.05) is 18.2 Å². The summed E-state index contributed by atoms with van der Waals surface area (Å²) in [7, 11) is 0. The van der Waals surface area contributed by atoms with E-state index in [9.17, 15) is 4.79 Å². The molecule has 0 radical (unpaired) electrons. The number of hydrazone groups is 1. The molecular weight excluding hydrogens is 230 g/mol. The fourth-order valence-electron chi connectivity index (χ4n) is 1.33. The first-order valence-corrected chi connectivity index (χ1v) is 5.46. The van der Waals surface area contributed by atoms with Crippen molar-refractivity contribution in [2.75, 3.05) is 0 Å². The summed E-state index contributed by atoms with van der Waals surface area (Å²) < 4.78 is 0. The summed E-state index contributed by atoms with van der Waals surface area (Å²) in [6.45, 7) is 1.59. The van der Waals surface area contributed by atoms with Gasteiger partial charge in [-0.05, 0) is 24.6 Å². The summed E-state index contributed by atoms with van der Waals surface area (Å²) in [5, 5.41) is 3.82. The van der Waals surface area contributed by atoms with Crippen LogP contribution in [0.4, 0.5) is 0 Å². The molecule has 6 nitrogen and oxygen atoms in total. The first-order chi connectivity index (χ1) is 8.66. The normalized spacial score (nSPS) is 12.8. The Kier molecular flexibility index (Phi) is 3.59. The minimum Gasteiger partial charge on any atom is -0.320 e. The van der Waals surface area contributed by atoms with Gasteiger partial charge in [-0.25, -0.2) is 5.43 Å². The van der Waals surface area contributed by atoms with Crippen LogP contribution >= 0.6 is 0 Å². The molecule has 3 N–H and O–H groups in total. The van der Waals surface area contributed by atoms with Crippen molar-refractivity contribution in [3.05, 3.63) is 36.2 Å². The summed E-state index contributed by atoms with van der Waals surface area (Å²) in [4.78, 5) is 19.5. The van der Waals surface area contributed by atoms with Gasteiger partial charge in [-0.2, -0.15) is 5.10 Å². The zero-order valence-corrected chi connectivity index (χ0v) is 9.87. The summed E-state index contributed by atoms with van der Waals surface area (Å²) in [5.41, 5.74) is 10.2. The van der Waals surface area contributed by atoms with E-state index in [2.05, 4.69) is 20.5 Å². The molecule has 92 valence electrons. The molecule has 6 heteroatoms. The molecule has 0 saturated heterocycles. The van der Waals surface area contributed by atoms with Crippen molar-refractivity contribution in [1.29, 1.82) is 0 Å². The quantitative estimate of drug-likeness (QED) is 0.603. The lowest BCUT2D eigenvalue weighted by molar-refractivity contribution is -0.121. The van der Waals surface area contributed by atoms with Gasteiger partial charge < -0.3 is 5.73 Å². The highest BCUT2D eigenvalue weighted by molar-refractivity contribution is 5.88. The van der Waals surface area contributed by atoms with E-state index in [4.69, 9.17) is 5.73 Å². The first-order valence-electron chi connectivity index (χ1n) is 5.46. The minimum absolute atomic E-state index is 0.327. The van der Waals surface area contributed by atoms with Gasteiger partial charge in [-0.3, -0.25) is 14.8 Å². The molecule has 0 aliphatic carbocycles. The van der Waals surface area contributed by atoms with E-state index in [0.717, 1.165) is 16.6 Å². The third kappa shape index (κ3) is 2.86. The van der Waals surface area contributed by atoms with Gasteiger partial charge in [0.2, 0.25) is 0 Å². The van der Waals surface area contributed by atoms with Gasteiger partial charge in [-0.15, -0.1) is 0 Å². The maximum Gasteiger partial charge on any atom is 0.256 e. The molecule has 1 aromatic heterocycles. The lowest BCUT2D eigenvalue weighted by Gasteiger charge is -2.01. The molecule has 0 bridgehead atoms. The number of aromatic nitrogens is 2. The van der Waals surface area contributed by atoms with Gasteiger partial charge in [0.25, 0.3) is 5.91 Å². The van der Waals surface area contributed by atoms with Gasteiger partial charge >= 0.3 is 0 Å². The molecule has 1 atom stereocenters. The number of hydrogen-bond acceptors (Lipinski definition) is 5. The zero-order chi connectivity index (χ0) is 13.0. The van der Waals surface area contributed by atoms with Crippen LogP contribution < -0.4 is 11.2 Å². The van der Waals surface area contributed by atoms with Crippen molar-refractivity contribution in [3.63, 3.8) is 0 Å². The molecule has 0 aliphatic heterocycles. The second kappa shape index (κ2) is 5.33. The third-order valence-electron chi connectivity index (χ3n) is 2.30. The van der Waals surface area contributed by atoms with E-state index in [0.29, 0.717) is 0 Å². The van der Waals surface area contributed by atoms with Gasteiger partial charge in [0.1, 0.15) is 0 Å². The SMILES string of the molecule is CC(N)C(=O)NN=Cc1ccc2nccnc2c1. The standard InChI is InChI=1S/C12H13N5O/c1-8(13)12(18)17-16-7-9-2-3-10-11(6-9)15-5-4-14-10/h2-8H,13H2,1H3,(H,17,18). The average Bonchev–Trinajstić information content (AvgIpc) is 2.38. The van der Waals surface area contributed by atoms with Crippen molar-refractivity contribution in [2.45, 2.75) is 13.0 Å². The monoisotopic (exact) mass is 243 g/mol. The maximum absolute atomic E-state index is 11.2. The lowest BCUT2D eigenvalue weighted by Crippen LogP contribution is -2.35. The van der Waals surface area contributed by atoms with Crippen molar-refractivity contribution in [3.8, 4) is 0 Å². The lowest BCUT2D eigenvalue weighted by atomic mass is 10.2. The highest BCUT2D eigenvalue weighted by Gasteiger charge is 2.04. The minimum atomic E-state index is -0.579. The van der Waals surface area contributed by atoms with Crippen LogP contribution in [-0.4, -0.2) is 28.1 Å². The van der Waals surface area contributed by atoms with E-state index in [1.54, 1.807) is 19.3 Å². The molecule has 0 aliphatic rings. The van der Waals surface area contributed by atoms with Crippen LogP contribution in [0.15, 0.2) is 35.7 Å². The van der Waals surface area contributed by atoms with Gasteiger partial charge in [0.05, 0.1) is 23.3 Å². The number of rotatable bonds is 3. The van der Waals surface area contributed by atoms with Gasteiger partial charge in [0, 0.05) is 12.4 Å². The molecule has 1 unspecified atom stereocenters. The molecule has 0 saturated carbocycles. The number of carbonyl (C=O) groups is 1. The van der Waals surface area contributed by atoms with Crippen LogP contribution in [0.1, 0.15) is 12.5 Å². The Balaban J connectivity index is 2.12. The summed E-state index contributed by atoms with van der Waals surface area (Å²) in [6, 6.07) is 4.95. The number of hydrogen-bond donors (Lipinski definition) is 2. The van der Waals surface area contributed by atoms with E-state index in [1.165, 1.54) is 6.21 Å². The Morgan fingerprint density at radius 3 is 2.83 bits per heavy atom. The molecule has 2 rings (SSSR count). The predicted molar refractivity (Wildman–Crippen MR) is 68.9 cm³/mol. The third-order valence-corrected chi connectivity index (χ3v) is 2.30. The van der Waals surface area contributed by atoms with E-state index >= 15 is 0 Å². The number of nitrogens with two attached hydrogens (primary N) is 1. The van der Waals surface area contributed by atoms with Crippen LogP contribution in [0.25, 0.3) is 11.0 Å². The molecule has 0 fully saturated rings. The highest BCUT2D eigenvalue weighted by Crippen LogP contribution is 2.08. The molecule has 1 heterocycles. The predicted octanol–water partition coefficient (Wildman–Crippen LogP) is 0.427. The van der Waals surface area contributed by atoms with Crippen molar-refractivity contribution < 1.29 is 4.79 Å². The zero-order valence-electron chi connectivity index (χ0n) is 9.87. The van der Waals surface area contributed by atoms with Crippen LogP contribution in [0, 0.1) is 0 Å². The second-order valence-corrected chi connectivity index (χ2v) is 3.83. The number of benzene rings is 1. The van der Waals surface area contributed by atoms with Gasteiger partial charge in [-0.1, -0.05) is 6.07 Å². The van der Waals surface area contributed by atoms with Crippen LogP contribution in [0.3, 0.4) is 0 Å². The number of carbonyl (C=O) groups excluding carboxylic acids is 1. The van der Waals surface area contributed by atoms with E-state index in [-0.39, 0.29) is 5.91 Å².